The fraction of sp³-hybridized carbons (Fsp3) is 0.409. The third-order valence-electron chi connectivity index (χ3n) is 6.14. The largest absolute Gasteiger partial charge is 0.385 e. The molecule has 1 saturated heterocycles. The first kappa shape index (κ1) is 17.7. The smallest absolute Gasteiger partial charge is 0.255 e. The minimum absolute atomic E-state index is 0.0286. The fourth-order valence-electron chi connectivity index (χ4n) is 4.77. The van der Waals surface area contributed by atoms with E-state index in [9.17, 15) is 9.90 Å². The van der Waals surface area contributed by atoms with Crippen LogP contribution in [0.1, 0.15) is 53.7 Å². The zero-order valence-corrected chi connectivity index (χ0v) is 15.2. The number of likely N-dealkylation sites (tertiary alicyclic amines) is 1. The summed E-state index contributed by atoms with van der Waals surface area (Å²) in [5.74, 6) is -0.0170. The van der Waals surface area contributed by atoms with E-state index in [-0.39, 0.29) is 17.9 Å². The number of hydrogen-bond acceptors (Lipinski definition) is 4. The third-order valence-corrected chi connectivity index (χ3v) is 6.14. The van der Waals surface area contributed by atoms with Gasteiger partial charge in [-0.25, -0.2) is 4.98 Å². The Morgan fingerprint density at radius 2 is 1.96 bits per heavy atom. The first-order valence-electron chi connectivity index (χ1n) is 9.58. The molecule has 1 aromatic carbocycles. The maximum atomic E-state index is 13.1. The highest BCUT2D eigenvalue weighted by Crippen LogP contribution is 2.47. The second-order valence-electron chi connectivity index (χ2n) is 7.54. The fourth-order valence-corrected chi connectivity index (χ4v) is 4.77. The lowest BCUT2D eigenvalue weighted by Crippen LogP contribution is -2.59. The van der Waals surface area contributed by atoms with Gasteiger partial charge in [0.05, 0.1) is 11.2 Å². The van der Waals surface area contributed by atoms with Crippen molar-refractivity contribution in [2.75, 3.05) is 6.54 Å². The molecule has 1 aliphatic heterocycles. The molecule has 2 heterocycles. The Morgan fingerprint density at radius 1 is 1.19 bits per heavy atom. The molecular formula is C22H23N3O2. The molecule has 5 nitrogen and oxygen atoms in total. The highest BCUT2D eigenvalue weighted by molar-refractivity contribution is 5.94. The average Bonchev–Trinajstić information content (AvgIpc) is 2.74. The minimum Gasteiger partial charge on any atom is -0.385 e. The van der Waals surface area contributed by atoms with E-state index in [0.717, 1.165) is 31.2 Å². The zero-order chi connectivity index (χ0) is 18.9. The van der Waals surface area contributed by atoms with Crippen molar-refractivity contribution < 1.29 is 9.90 Å². The topological polar surface area (TPSA) is 77.2 Å². The molecule has 1 amide bonds. The Kier molecular flexibility index (Phi) is 4.67. The molecule has 2 fully saturated rings. The number of pyridine rings is 1. The van der Waals surface area contributed by atoms with Gasteiger partial charge in [-0.15, -0.1) is 0 Å². The number of aromatic nitrogens is 1. The van der Waals surface area contributed by atoms with Crippen LogP contribution < -0.4 is 0 Å². The summed E-state index contributed by atoms with van der Waals surface area (Å²) >= 11 is 0. The summed E-state index contributed by atoms with van der Waals surface area (Å²) in [6, 6.07) is 15.1. The van der Waals surface area contributed by atoms with E-state index in [1.807, 2.05) is 41.3 Å². The van der Waals surface area contributed by atoms with Crippen molar-refractivity contribution in [1.29, 1.82) is 5.26 Å². The molecule has 2 aromatic rings. The molecule has 1 unspecified atom stereocenters. The summed E-state index contributed by atoms with van der Waals surface area (Å²) < 4.78 is 0. The maximum absolute atomic E-state index is 13.1. The van der Waals surface area contributed by atoms with Crippen molar-refractivity contribution in [1.82, 2.24) is 9.88 Å². The lowest BCUT2D eigenvalue weighted by molar-refractivity contribution is -0.110. The maximum Gasteiger partial charge on any atom is 0.255 e. The quantitative estimate of drug-likeness (QED) is 0.891. The van der Waals surface area contributed by atoms with E-state index in [1.165, 1.54) is 6.20 Å². The normalized spacial score (nSPS) is 27.5. The van der Waals surface area contributed by atoms with E-state index in [4.69, 9.17) is 5.26 Å². The molecule has 1 aliphatic carbocycles. The molecule has 1 saturated carbocycles. The molecule has 27 heavy (non-hydrogen) atoms. The van der Waals surface area contributed by atoms with Crippen molar-refractivity contribution in [3.63, 3.8) is 0 Å². The summed E-state index contributed by atoms with van der Waals surface area (Å²) in [6.45, 7) is 0.519. The van der Waals surface area contributed by atoms with E-state index >= 15 is 0 Å². The third kappa shape index (κ3) is 3.11. The van der Waals surface area contributed by atoms with Crippen molar-refractivity contribution in [2.45, 2.75) is 43.7 Å². The van der Waals surface area contributed by atoms with Gasteiger partial charge in [-0.05, 0) is 37.0 Å². The first-order chi connectivity index (χ1) is 13.1. The van der Waals surface area contributed by atoms with Gasteiger partial charge in [0.15, 0.2) is 0 Å². The second-order valence-corrected chi connectivity index (χ2v) is 7.54. The van der Waals surface area contributed by atoms with E-state index < -0.39 is 5.60 Å². The summed E-state index contributed by atoms with van der Waals surface area (Å²) in [4.78, 5) is 19.1. The van der Waals surface area contributed by atoms with E-state index in [0.29, 0.717) is 24.2 Å². The molecule has 4 rings (SSSR count). The van der Waals surface area contributed by atoms with Gasteiger partial charge in [-0.2, -0.15) is 5.26 Å². The summed E-state index contributed by atoms with van der Waals surface area (Å²) in [5, 5.41) is 20.5. The number of carbonyl (C=O) groups excluding carboxylic acids is 1. The molecule has 138 valence electrons. The molecule has 0 spiro atoms. The van der Waals surface area contributed by atoms with Crippen LogP contribution in [0.25, 0.3) is 0 Å². The molecular weight excluding hydrogens is 338 g/mol. The predicted molar refractivity (Wildman–Crippen MR) is 101 cm³/mol. The van der Waals surface area contributed by atoms with Gasteiger partial charge in [0.1, 0.15) is 11.8 Å². The number of fused-ring (bicyclic) bond motifs is 1. The number of amides is 1. The van der Waals surface area contributed by atoms with E-state index in [2.05, 4.69) is 4.98 Å². The monoisotopic (exact) mass is 361 g/mol. The Hall–Kier alpha value is -2.71. The van der Waals surface area contributed by atoms with Gasteiger partial charge < -0.3 is 10.0 Å². The van der Waals surface area contributed by atoms with Crippen molar-refractivity contribution >= 4 is 5.91 Å². The highest BCUT2D eigenvalue weighted by atomic mass is 16.3. The van der Waals surface area contributed by atoms with Crippen LogP contribution in [0.15, 0.2) is 48.7 Å². The number of hydrogen-bond donors (Lipinski definition) is 1. The minimum atomic E-state index is -0.883. The number of nitriles is 1. The second kappa shape index (κ2) is 7.13. The van der Waals surface area contributed by atoms with Crippen LogP contribution in [0.2, 0.25) is 0 Å². The van der Waals surface area contributed by atoms with Crippen LogP contribution >= 0.6 is 0 Å². The molecule has 0 bridgehead atoms. The van der Waals surface area contributed by atoms with Gasteiger partial charge in [-0.1, -0.05) is 43.2 Å². The number of carbonyl (C=O) groups is 1. The van der Waals surface area contributed by atoms with Gasteiger partial charge in [0.25, 0.3) is 5.91 Å². The van der Waals surface area contributed by atoms with Crippen LogP contribution in [0.5, 0.6) is 0 Å². The number of benzene rings is 1. The van der Waals surface area contributed by atoms with Crippen LogP contribution in [-0.4, -0.2) is 33.5 Å². The number of piperidine rings is 1. The SMILES string of the molecule is N#Cc1ccc(C(=O)N2CCC(O)(c3ccccc3)[C@H]3CCCC[C@H]32)cn1. The summed E-state index contributed by atoms with van der Waals surface area (Å²) in [5.41, 5.74) is 0.878. The Labute approximate surface area is 159 Å². The van der Waals surface area contributed by atoms with Gasteiger partial charge >= 0.3 is 0 Å². The number of rotatable bonds is 2. The molecule has 1 N–H and O–H groups in total. The average molecular weight is 361 g/mol. The predicted octanol–water partition coefficient (Wildman–Crippen LogP) is 3.25. The lowest BCUT2D eigenvalue weighted by Gasteiger charge is -2.52. The molecule has 3 atom stereocenters. The summed E-state index contributed by atoms with van der Waals surface area (Å²) in [6.07, 6.45) is 6.00. The van der Waals surface area contributed by atoms with E-state index in [1.54, 1.807) is 12.1 Å². The van der Waals surface area contributed by atoms with Crippen LogP contribution in [0, 0.1) is 17.2 Å². The van der Waals surface area contributed by atoms with Gasteiger partial charge in [0.2, 0.25) is 0 Å². The molecule has 5 heteroatoms. The summed E-state index contributed by atoms with van der Waals surface area (Å²) in [7, 11) is 0. The molecule has 1 aromatic heterocycles. The molecule has 2 aliphatic rings. The van der Waals surface area contributed by atoms with Crippen LogP contribution in [0.3, 0.4) is 0 Å². The van der Waals surface area contributed by atoms with Gasteiger partial charge in [-0.3, -0.25) is 4.79 Å². The van der Waals surface area contributed by atoms with Crippen molar-refractivity contribution in [2.24, 2.45) is 5.92 Å². The Bertz CT molecular complexity index is 859. The number of nitrogens with zero attached hydrogens (tertiary/aromatic N) is 3. The lowest BCUT2D eigenvalue weighted by atomic mass is 9.66. The van der Waals surface area contributed by atoms with Gasteiger partial charge in [0, 0.05) is 24.7 Å². The highest BCUT2D eigenvalue weighted by Gasteiger charge is 2.50. The van der Waals surface area contributed by atoms with Crippen LogP contribution in [-0.2, 0) is 5.60 Å². The van der Waals surface area contributed by atoms with Crippen molar-refractivity contribution in [3.05, 3.63) is 65.5 Å². The first-order valence-corrected chi connectivity index (χ1v) is 9.58. The standard InChI is InChI=1S/C22H23N3O2/c23-14-18-11-10-16(15-24-18)21(26)25-13-12-22(27,17-6-2-1-3-7-17)19-8-4-5-9-20(19)25/h1-3,6-7,10-11,15,19-20,27H,4-5,8-9,12-13H2/t19-,20+,22?/m0/s1. The molecule has 0 radical (unpaired) electrons. The Balaban J connectivity index is 1.63. The number of aliphatic hydroxyl groups is 1. The zero-order valence-electron chi connectivity index (χ0n) is 15.2. The van der Waals surface area contributed by atoms with Crippen LogP contribution in [0.4, 0.5) is 0 Å². The Morgan fingerprint density at radius 3 is 2.67 bits per heavy atom. The van der Waals surface area contributed by atoms with Crippen molar-refractivity contribution in [3.8, 4) is 6.07 Å².